The summed E-state index contributed by atoms with van der Waals surface area (Å²) in [5, 5.41) is 4.01. The molecule has 4 nitrogen and oxygen atoms in total. The number of nitrogens with zero attached hydrogens (tertiary/aromatic N) is 1. The lowest BCUT2D eigenvalue weighted by atomic mass is 10.1. The Morgan fingerprint density at radius 2 is 1.78 bits per heavy atom. The highest BCUT2D eigenvalue weighted by atomic mass is 16.7. The van der Waals surface area contributed by atoms with Crippen molar-refractivity contribution in [1.29, 1.82) is 0 Å². The molecular weight excluding hydrogens is 290 g/mol. The van der Waals surface area contributed by atoms with E-state index in [9.17, 15) is 4.79 Å². The Morgan fingerprint density at radius 3 is 2.43 bits per heavy atom. The Balaban J connectivity index is 1.59. The lowest BCUT2D eigenvalue weighted by Crippen LogP contribution is -2.04. The minimum absolute atomic E-state index is 0.340. The first kappa shape index (κ1) is 15.3. The molecule has 23 heavy (non-hydrogen) atoms. The second kappa shape index (κ2) is 6.65. The molecule has 0 heterocycles. The van der Waals surface area contributed by atoms with Crippen LogP contribution in [0.25, 0.3) is 0 Å². The summed E-state index contributed by atoms with van der Waals surface area (Å²) < 4.78 is 5.17. The van der Waals surface area contributed by atoms with Crippen LogP contribution in [0.5, 0.6) is 5.75 Å². The van der Waals surface area contributed by atoms with E-state index in [0.29, 0.717) is 17.4 Å². The predicted octanol–water partition coefficient (Wildman–Crippen LogP) is 4.03. The molecule has 2 atom stereocenters. The summed E-state index contributed by atoms with van der Waals surface area (Å²) in [4.78, 5) is 16.9. The smallest absolute Gasteiger partial charge is 0.365 e. The molecule has 2 aromatic carbocycles. The quantitative estimate of drug-likeness (QED) is 0.476. The van der Waals surface area contributed by atoms with Gasteiger partial charge in [0, 0.05) is 5.92 Å². The van der Waals surface area contributed by atoms with Crippen LogP contribution in [0.15, 0.2) is 59.8 Å². The average Bonchev–Trinajstić information content (AvgIpc) is 3.41. The highest BCUT2D eigenvalue weighted by molar-refractivity contribution is 5.91. The van der Waals surface area contributed by atoms with Gasteiger partial charge in [-0.15, -0.1) is 0 Å². The van der Waals surface area contributed by atoms with Gasteiger partial charge in [-0.05, 0) is 49.1 Å². The first-order valence-corrected chi connectivity index (χ1v) is 7.64. The molecule has 0 bridgehead atoms. The van der Waals surface area contributed by atoms with Gasteiger partial charge in [0.2, 0.25) is 0 Å². The SMILES string of the molecule is COc1ccc([C@@H]2C[C@@H]2C(C)=NOC(=O)c2ccccc2)cc1. The molecular formula is C19H19NO3. The van der Waals surface area contributed by atoms with Crippen LogP contribution in [0.3, 0.4) is 0 Å². The van der Waals surface area contributed by atoms with Gasteiger partial charge in [0.1, 0.15) is 5.75 Å². The van der Waals surface area contributed by atoms with E-state index >= 15 is 0 Å². The Hall–Kier alpha value is -2.62. The molecule has 2 aromatic rings. The molecule has 1 saturated carbocycles. The number of hydrogen-bond donors (Lipinski definition) is 0. The molecule has 0 N–H and O–H groups in total. The number of methoxy groups -OCH3 is 1. The molecule has 4 heteroatoms. The number of ether oxygens (including phenoxy) is 1. The lowest BCUT2D eigenvalue weighted by molar-refractivity contribution is 0.0514. The molecule has 0 radical (unpaired) electrons. The first-order chi connectivity index (χ1) is 11.2. The lowest BCUT2D eigenvalue weighted by Gasteiger charge is -2.03. The number of hydrogen-bond acceptors (Lipinski definition) is 4. The van der Waals surface area contributed by atoms with Gasteiger partial charge in [0.15, 0.2) is 0 Å². The van der Waals surface area contributed by atoms with Gasteiger partial charge in [0.05, 0.1) is 18.4 Å². The second-order valence-electron chi connectivity index (χ2n) is 5.70. The highest BCUT2D eigenvalue weighted by Gasteiger charge is 2.40. The van der Waals surface area contributed by atoms with Crippen LogP contribution in [0.2, 0.25) is 0 Å². The van der Waals surface area contributed by atoms with Crippen molar-refractivity contribution in [3.05, 3.63) is 65.7 Å². The van der Waals surface area contributed by atoms with E-state index in [4.69, 9.17) is 9.57 Å². The van der Waals surface area contributed by atoms with Crippen molar-refractivity contribution in [2.45, 2.75) is 19.3 Å². The number of rotatable bonds is 5. The molecule has 3 rings (SSSR count). The minimum atomic E-state index is -0.424. The zero-order valence-electron chi connectivity index (χ0n) is 13.2. The van der Waals surface area contributed by atoms with Crippen LogP contribution >= 0.6 is 0 Å². The van der Waals surface area contributed by atoms with Gasteiger partial charge < -0.3 is 9.57 Å². The molecule has 0 saturated heterocycles. The van der Waals surface area contributed by atoms with Crippen LogP contribution in [-0.2, 0) is 4.84 Å². The summed E-state index contributed by atoms with van der Waals surface area (Å²) in [5.74, 6) is 1.21. The molecule has 1 aliphatic rings. The average molecular weight is 309 g/mol. The minimum Gasteiger partial charge on any atom is -0.497 e. The van der Waals surface area contributed by atoms with E-state index < -0.39 is 5.97 Å². The van der Waals surface area contributed by atoms with Gasteiger partial charge >= 0.3 is 5.97 Å². The van der Waals surface area contributed by atoms with Crippen molar-refractivity contribution in [3.8, 4) is 5.75 Å². The Bertz CT molecular complexity index is 707. The van der Waals surface area contributed by atoms with Crippen LogP contribution in [0.4, 0.5) is 0 Å². The molecule has 1 aliphatic carbocycles. The number of oxime groups is 1. The third kappa shape index (κ3) is 3.59. The second-order valence-corrected chi connectivity index (χ2v) is 5.70. The summed E-state index contributed by atoms with van der Waals surface area (Å²) >= 11 is 0. The molecule has 0 spiro atoms. The fraction of sp³-hybridized carbons (Fsp3) is 0.263. The maximum atomic E-state index is 11.9. The first-order valence-electron chi connectivity index (χ1n) is 7.64. The molecule has 1 fully saturated rings. The molecule has 118 valence electrons. The standard InChI is InChI=1S/C19H19NO3/c1-13(20-23-19(21)15-6-4-3-5-7-15)17-12-18(17)14-8-10-16(22-2)11-9-14/h3-11,17-18H,12H2,1-2H3/t17-,18+/m1/s1. The van der Waals surface area contributed by atoms with E-state index in [2.05, 4.69) is 17.3 Å². The van der Waals surface area contributed by atoms with E-state index in [1.807, 2.05) is 25.1 Å². The zero-order valence-corrected chi connectivity index (χ0v) is 13.2. The van der Waals surface area contributed by atoms with Gasteiger partial charge in [-0.3, -0.25) is 0 Å². The van der Waals surface area contributed by atoms with Gasteiger partial charge in [-0.25, -0.2) is 4.79 Å². The maximum absolute atomic E-state index is 11.9. The molecule has 0 aliphatic heterocycles. The van der Waals surface area contributed by atoms with E-state index in [1.165, 1.54) is 5.56 Å². The third-order valence-corrected chi connectivity index (χ3v) is 4.15. The van der Waals surface area contributed by atoms with Crippen molar-refractivity contribution in [1.82, 2.24) is 0 Å². The van der Waals surface area contributed by atoms with Crippen molar-refractivity contribution in [2.24, 2.45) is 11.1 Å². The largest absolute Gasteiger partial charge is 0.497 e. The van der Waals surface area contributed by atoms with Crippen LogP contribution < -0.4 is 4.74 Å². The molecule has 0 unspecified atom stereocenters. The molecule has 0 amide bonds. The van der Waals surface area contributed by atoms with E-state index in [-0.39, 0.29) is 0 Å². The number of carbonyl (C=O) groups is 1. The Labute approximate surface area is 135 Å². The normalized spacial score (nSPS) is 20.0. The van der Waals surface area contributed by atoms with Crippen LogP contribution in [0.1, 0.15) is 35.2 Å². The predicted molar refractivity (Wildman–Crippen MR) is 88.8 cm³/mol. The summed E-state index contributed by atoms with van der Waals surface area (Å²) in [7, 11) is 1.66. The van der Waals surface area contributed by atoms with Crippen molar-refractivity contribution in [3.63, 3.8) is 0 Å². The monoisotopic (exact) mass is 309 g/mol. The topological polar surface area (TPSA) is 47.9 Å². The van der Waals surface area contributed by atoms with Crippen molar-refractivity contribution >= 4 is 11.7 Å². The van der Waals surface area contributed by atoms with Crippen molar-refractivity contribution < 1.29 is 14.4 Å². The van der Waals surface area contributed by atoms with Crippen LogP contribution in [-0.4, -0.2) is 18.8 Å². The number of carbonyl (C=O) groups excluding carboxylic acids is 1. The summed E-state index contributed by atoms with van der Waals surface area (Å²) in [6, 6.07) is 17.0. The van der Waals surface area contributed by atoms with Gasteiger partial charge in [-0.2, -0.15) is 0 Å². The summed E-state index contributed by atoms with van der Waals surface area (Å²) in [6.07, 6.45) is 1.03. The van der Waals surface area contributed by atoms with E-state index in [0.717, 1.165) is 17.9 Å². The van der Waals surface area contributed by atoms with E-state index in [1.54, 1.807) is 31.4 Å². The molecule has 0 aromatic heterocycles. The number of benzene rings is 2. The summed E-state index contributed by atoms with van der Waals surface area (Å²) in [5.41, 5.74) is 2.63. The Morgan fingerprint density at radius 1 is 1.09 bits per heavy atom. The Kier molecular flexibility index (Phi) is 4.42. The van der Waals surface area contributed by atoms with Gasteiger partial charge in [0.25, 0.3) is 0 Å². The van der Waals surface area contributed by atoms with Crippen molar-refractivity contribution in [2.75, 3.05) is 7.11 Å². The fourth-order valence-corrected chi connectivity index (χ4v) is 2.68. The van der Waals surface area contributed by atoms with Gasteiger partial charge in [-0.1, -0.05) is 35.5 Å². The zero-order chi connectivity index (χ0) is 16.2. The highest BCUT2D eigenvalue weighted by Crippen LogP contribution is 2.48. The third-order valence-electron chi connectivity index (χ3n) is 4.15. The maximum Gasteiger partial charge on any atom is 0.365 e. The van der Waals surface area contributed by atoms with Crippen LogP contribution in [0, 0.1) is 5.92 Å². The fourth-order valence-electron chi connectivity index (χ4n) is 2.68. The summed E-state index contributed by atoms with van der Waals surface area (Å²) in [6.45, 7) is 1.91.